The molecule has 0 unspecified atom stereocenters. The molecular formula is C13H15N3O2S. The lowest BCUT2D eigenvalue weighted by molar-refractivity contribution is 0.272. The van der Waals surface area contributed by atoms with E-state index in [1.165, 1.54) is 11.8 Å². The van der Waals surface area contributed by atoms with Crippen molar-refractivity contribution in [3.8, 4) is 11.5 Å². The monoisotopic (exact) mass is 277 g/mol. The first-order valence-corrected chi connectivity index (χ1v) is 7.02. The smallest absolute Gasteiger partial charge is 0.221 e. The van der Waals surface area contributed by atoms with Gasteiger partial charge in [0.25, 0.3) is 0 Å². The predicted octanol–water partition coefficient (Wildman–Crippen LogP) is 3.05. The largest absolute Gasteiger partial charge is 0.501 e. The van der Waals surface area contributed by atoms with Gasteiger partial charge in [-0.3, -0.25) is 0 Å². The number of hydrogen-bond donors (Lipinski definition) is 1. The highest BCUT2D eigenvalue weighted by molar-refractivity contribution is 7.98. The second kappa shape index (κ2) is 6.29. The van der Waals surface area contributed by atoms with Crippen LogP contribution in [0.4, 0.5) is 5.95 Å². The molecule has 0 spiro atoms. The van der Waals surface area contributed by atoms with E-state index in [0.717, 1.165) is 10.6 Å². The lowest BCUT2D eigenvalue weighted by Crippen LogP contribution is -2.01. The molecule has 0 aliphatic heterocycles. The van der Waals surface area contributed by atoms with Crippen molar-refractivity contribution in [2.24, 2.45) is 0 Å². The third-order valence-corrected chi connectivity index (χ3v) is 3.07. The summed E-state index contributed by atoms with van der Waals surface area (Å²) in [6.07, 6.45) is 6.99. The first-order valence-electron chi connectivity index (χ1n) is 5.79. The van der Waals surface area contributed by atoms with Crippen LogP contribution in [0.1, 0.15) is 12.5 Å². The minimum Gasteiger partial charge on any atom is -0.501 e. The summed E-state index contributed by atoms with van der Waals surface area (Å²) in [6, 6.07) is 3.65. The number of anilines is 1. The van der Waals surface area contributed by atoms with Crippen molar-refractivity contribution in [1.82, 2.24) is 9.97 Å². The molecule has 0 fully saturated rings. The van der Waals surface area contributed by atoms with Gasteiger partial charge < -0.3 is 14.9 Å². The Morgan fingerprint density at radius 2 is 2.32 bits per heavy atom. The number of hydrogen-bond acceptors (Lipinski definition) is 6. The van der Waals surface area contributed by atoms with Crippen molar-refractivity contribution in [3.63, 3.8) is 0 Å². The maximum absolute atomic E-state index is 5.73. The maximum atomic E-state index is 5.73. The van der Waals surface area contributed by atoms with Gasteiger partial charge in [-0.05, 0) is 31.4 Å². The molecule has 2 aromatic heterocycles. The Labute approximate surface area is 115 Å². The van der Waals surface area contributed by atoms with Gasteiger partial charge in [0.2, 0.25) is 5.95 Å². The number of nitrogens with zero attached hydrogens (tertiary/aromatic N) is 2. The summed E-state index contributed by atoms with van der Waals surface area (Å²) in [6.45, 7) is 2.53. The molecule has 6 heteroatoms. The number of nitrogens with two attached hydrogens (primary N) is 1. The van der Waals surface area contributed by atoms with E-state index in [2.05, 4.69) is 9.97 Å². The average Bonchev–Trinajstić information content (AvgIpc) is 2.93. The van der Waals surface area contributed by atoms with Gasteiger partial charge in [0, 0.05) is 5.56 Å². The fraction of sp³-hybridized carbons (Fsp3) is 0.231. The number of aromatic nitrogens is 2. The van der Waals surface area contributed by atoms with Crippen LogP contribution in [0.2, 0.25) is 0 Å². The molecule has 2 N–H and O–H groups in total. The van der Waals surface area contributed by atoms with Gasteiger partial charge in [-0.25, -0.2) is 9.97 Å². The highest BCUT2D eigenvalue weighted by Crippen LogP contribution is 2.30. The molecular weight excluding hydrogens is 262 g/mol. The van der Waals surface area contributed by atoms with E-state index in [9.17, 15) is 0 Å². The molecule has 2 heterocycles. The Bertz CT molecular complexity index is 568. The first-order chi connectivity index (χ1) is 9.26. The molecule has 2 rings (SSSR count). The topological polar surface area (TPSA) is 74.2 Å². The summed E-state index contributed by atoms with van der Waals surface area (Å²) in [5.74, 6) is 0.879. The van der Waals surface area contributed by atoms with Crippen LogP contribution in [-0.4, -0.2) is 22.8 Å². The molecule has 0 atom stereocenters. The van der Waals surface area contributed by atoms with Crippen LogP contribution >= 0.6 is 11.8 Å². The number of furan rings is 1. The Kier molecular flexibility index (Phi) is 4.46. The van der Waals surface area contributed by atoms with Crippen LogP contribution < -0.4 is 5.73 Å². The van der Waals surface area contributed by atoms with Crippen molar-refractivity contribution in [1.29, 1.82) is 0 Å². The van der Waals surface area contributed by atoms with E-state index in [1.807, 2.05) is 31.4 Å². The Balaban J connectivity index is 2.53. The summed E-state index contributed by atoms with van der Waals surface area (Å²) < 4.78 is 10.6. The number of rotatable bonds is 5. The molecule has 0 radical (unpaired) electrons. The van der Waals surface area contributed by atoms with Crippen LogP contribution in [-0.2, 0) is 4.74 Å². The van der Waals surface area contributed by atoms with Gasteiger partial charge in [0.15, 0.2) is 5.76 Å². The van der Waals surface area contributed by atoms with Gasteiger partial charge >= 0.3 is 0 Å². The van der Waals surface area contributed by atoms with E-state index >= 15 is 0 Å². The summed E-state index contributed by atoms with van der Waals surface area (Å²) in [5.41, 5.74) is 7.23. The highest BCUT2D eigenvalue weighted by Gasteiger charge is 2.14. The molecule has 2 aromatic rings. The van der Waals surface area contributed by atoms with Gasteiger partial charge in [-0.15, -0.1) is 11.8 Å². The zero-order valence-electron chi connectivity index (χ0n) is 10.8. The second-order valence-corrected chi connectivity index (χ2v) is 4.38. The molecule has 100 valence electrons. The van der Waals surface area contributed by atoms with Crippen LogP contribution in [0.3, 0.4) is 0 Å². The number of nitrogen functional groups attached to an aromatic ring is 1. The normalized spacial score (nSPS) is 11.1. The summed E-state index contributed by atoms with van der Waals surface area (Å²) in [5, 5.41) is 0.787. The van der Waals surface area contributed by atoms with Crippen LogP contribution in [0.15, 0.2) is 34.1 Å². The predicted molar refractivity (Wildman–Crippen MR) is 76.6 cm³/mol. The van der Waals surface area contributed by atoms with Crippen molar-refractivity contribution in [2.45, 2.75) is 11.9 Å². The van der Waals surface area contributed by atoms with E-state index in [0.29, 0.717) is 18.1 Å². The molecule has 0 bridgehead atoms. The Hall–Kier alpha value is -1.95. The van der Waals surface area contributed by atoms with E-state index < -0.39 is 0 Å². The van der Waals surface area contributed by atoms with E-state index in [-0.39, 0.29) is 5.95 Å². The van der Waals surface area contributed by atoms with E-state index in [4.69, 9.17) is 14.9 Å². The van der Waals surface area contributed by atoms with Crippen molar-refractivity contribution >= 4 is 23.8 Å². The standard InChI is InChI=1S/C13H15N3O2S/c1-3-17-8-6-9-11(10-5-4-7-18-10)15-13(14)16-12(9)19-2/h4-8H,3H2,1-2H3,(H2,14,15,16). The SMILES string of the molecule is CCOC=Cc1c(SC)nc(N)nc1-c1ccco1. The van der Waals surface area contributed by atoms with E-state index in [1.54, 1.807) is 12.5 Å². The summed E-state index contributed by atoms with van der Waals surface area (Å²) in [7, 11) is 0. The number of thioether (sulfide) groups is 1. The number of ether oxygens (including phenoxy) is 1. The highest BCUT2D eigenvalue weighted by atomic mass is 32.2. The van der Waals surface area contributed by atoms with Gasteiger partial charge in [-0.2, -0.15) is 0 Å². The van der Waals surface area contributed by atoms with Crippen LogP contribution in [0.25, 0.3) is 17.5 Å². The van der Waals surface area contributed by atoms with Crippen molar-refractivity contribution < 1.29 is 9.15 Å². The molecule has 0 aromatic carbocycles. The third kappa shape index (κ3) is 3.08. The first kappa shape index (κ1) is 13.5. The fourth-order valence-electron chi connectivity index (χ4n) is 1.58. The van der Waals surface area contributed by atoms with Gasteiger partial charge in [-0.1, -0.05) is 0 Å². The molecule has 0 aliphatic carbocycles. The lowest BCUT2D eigenvalue weighted by atomic mass is 10.2. The lowest BCUT2D eigenvalue weighted by Gasteiger charge is -2.08. The second-order valence-electron chi connectivity index (χ2n) is 3.59. The van der Waals surface area contributed by atoms with Crippen LogP contribution in [0.5, 0.6) is 0 Å². The zero-order chi connectivity index (χ0) is 13.7. The molecule has 0 saturated carbocycles. The third-order valence-electron chi connectivity index (χ3n) is 2.37. The fourth-order valence-corrected chi connectivity index (χ4v) is 2.15. The molecule has 0 aliphatic rings. The molecule has 5 nitrogen and oxygen atoms in total. The molecule has 19 heavy (non-hydrogen) atoms. The summed E-state index contributed by atoms with van der Waals surface area (Å²) in [4.78, 5) is 8.48. The molecule has 0 amide bonds. The minimum absolute atomic E-state index is 0.226. The maximum Gasteiger partial charge on any atom is 0.221 e. The van der Waals surface area contributed by atoms with Crippen molar-refractivity contribution in [3.05, 3.63) is 30.2 Å². The van der Waals surface area contributed by atoms with Gasteiger partial charge in [0.1, 0.15) is 10.7 Å². The quantitative estimate of drug-likeness (QED) is 0.514. The zero-order valence-corrected chi connectivity index (χ0v) is 11.6. The Morgan fingerprint density at radius 3 is 2.95 bits per heavy atom. The van der Waals surface area contributed by atoms with Crippen molar-refractivity contribution in [2.75, 3.05) is 18.6 Å². The Morgan fingerprint density at radius 1 is 1.47 bits per heavy atom. The van der Waals surface area contributed by atoms with Crippen LogP contribution in [0, 0.1) is 0 Å². The molecule has 0 saturated heterocycles. The minimum atomic E-state index is 0.226. The average molecular weight is 277 g/mol. The summed E-state index contributed by atoms with van der Waals surface area (Å²) >= 11 is 1.50. The van der Waals surface area contributed by atoms with Gasteiger partial charge in [0.05, 0.1) is 19.1 Å².